The molecule has 0 radical (unpaired) electrons. The van der Waals surface area contributed by atoms with E-state index >= 15 is 0 Å². The van der Waals surface area contributed by atoms with E-state index in [4.69, 9.17) is 4.74 Å². The number of ether oxygens (including phenoxy) is 1. The van der Waals surface area contributed by atoms with Gasteiger partial charge >= 0.3 is 0 Å². The van der Waals surface area contributed by atoms with Gasteiger partial charge in [0.15, 0.2) is 0 Å². The second-order valence-electron chi connectivity index (χ2n) is 6.78. The lowest BCUT2D eigenvalue weighted by Gasteiger charge is -2.26. The summed E-state index contributed by atoms with van der Waals surface area (Å²) in [6, 6.07) is 11.3. The summed E-state index contributed by atoms with van der Waals surface area (Å²) in [5, 5.41) is 0. The third-order valence-corrected chi connectivity index (χ3v) is 6.15. The van der Waals surface area contributed by atoms with Crippen molar-refractivity contribution in [2.24, 2.45) is 0 Å². The summed E-state index contributed by atoms with van der Waals surface area (Å²) in [6.07, 6.45) is 3.76. The first kappa shape index (κ1) is 19.8. The number of likely N-dealkylation sites (tertiary alicyclic amines) is 1. The van der Waals surface area contributed by atoms with Crippen LogP contribution < -0.4 is 9.46 Å². The van der Waals surface area contributed by atoms with Crippen LogP contribution in [-0.4, -0.2) is 33.5 Å². The van der Waals surface area contributed by atoms with Gasteiger partial charge in [-0.25, -0.2) is 17.5 Å². The maximum atomic E-state index is 13.5. The van der Waals surface area contributed by atoms with Crippen molar-refractivity contribution in [3.05, 3.63) is 59.4 Å². The minimum atomic E-state index is -3.89. The fourth-order valence-electron chi connectivity index (χ4n) is 3.33. The van der Waals surface area contributed by atoms with Crippen molar-refractivity contribution >= 4 is 10.0 Å². The third kappa shape index (κ3) is 5.28. The molecule has 27 heavy (non-hydrogen) atoms. The van der Waals surface area contributed by atoms with Crippen LogP contribution in [0.1, 0.15) is 30.4 Å². The number of halogens is 1. The van der Waals surface area contributed by atoms with Gasteiger partial charge in [0.05, 0.1) is 7.11 Å². The standard InChI is InChI=1S/C20H25FN2O3S/c1-26-19-9-8-18(21)13-20(19)27(24,25)22-14-16-6-5-7-17(12-16)15-23-10-3-2-4-11-23/h5-9,12-13,22H,2-4,10-11,14-15H2,1H3. The van der Waals surface area contributed by atoms with E-state index in [0.29, 0.717) is 0 Å². The van der Waals surface area contributed by atoms with Crippen molar-refractivity contribution < 1.29 is 17.5 Å². The molecular formula is C20H25FN2O3S. The molecule has 1 heterocycles. The fraction of sp³-hybridized carbons (Fsp3) is 0.400. The Bertz CT molecular complexity index is 881. The molecular weight excluding hydrogens is 367 g/mol. The average Bonchev–Trinajstić information content (AvgIpc) is 2.67. The topological polar surface area (TPSA) is 58.6 Å². The smallest absolute Gasteiger partial charge is 0.244 e. The molecule has 146 valence electrons. The predicted octanol–water partition coefficient (Wildman–Crippen LogP) is 3.30. The van der Waals surface area contributed by atoms with E-state index in [1.54, 1.807) is 0 Å². The van der Waals surface area contributed by atoms with Crippen LogP contribution in [0.3, 0.4) is 0 Å². The van der Waals surface area contributed by atoms with Gasteiger partial charge in [0.2, 0.25) is 10.0 Å². The van der Waals surface area contributed by atoms with E-state index < -0.39 is 15.8 Å². The molecule has 1 aliphatic rings. The highest BCUT2D eigenvalue weighted by molar-refractivity contribution is 7.89. The van der Waals surface area contributed by atoms with E-state index in [9.17, 15) is 12.8 Å². The number of nitrogens with one attached hydrogen (secondary N) is 1. The Balaban J connectivity index is 1.69. The Labute approximate surface area is 160 Å². The van der Waals surface area contributed by atoms with E-state index in [1.807, 2.05) is 18.2 Å². The molecule has 1 fully saturated rings. The Morgan fingerprint density at radius 3 is 2.56 bits per heavy atom. The largest absolute Gasteiger partial charge is 0.495 e. The maximum absolute atomic E-state index is 13.5. The highest BCUT2D eigenvalue weighted by Crippen LogP contribution is 2.24. The number of sulfonamides is 1. The van der Waals surface area contributed by atoms with Crippen molar-refractivity contribution in [3.63, 3.8) is 0 Å². The molecule has 3 rings (SSSR count). The van der Waals surface area contributed by atoms with Gasteiger partial charge in [-0.3, -0.25) is 4.90 Å². The molecule has 0 aromatic heterocycles. The summed E-state index contributed by atoms with van der Waals surface area (Å²) < 4.78 is 46.2. The zero-order valence-corrected chi connectivity index (χ0v) is 16.3. The van der Waals surface area contributed by atoms with Gasteiger partial charge in [0, 0.05) is 13.1 Å². The first-order valence-corrected chi connectivity index (χ1v) is 10.6. The van der Waals surface area contributed by atoms with Crippen LogP contribution in [0.5, 0.6) is 5.75 Å². The third-order valence-electron chi connectivity index (χ3n) is 4.73. The lowest BCUT2D eigenvalue weighted by atomic mass is 10.1. The summed E-state index contributed by atoms with van der Waals surface area (Å²) in [5.41, 5.74) is 2.03. The minimum Gasteiger partial charge on any atom is -0.495 e. The van der Waals surface area contributed by atoms with Gasteiger partial charge in [0.1, 0.15) is 16.5 Å². The molecule has 1 aliphatic heterocycles. The van der Waals surface area contributed by atoms with Crippen molar-refractivity contribution in [3.8, 4) is 5.75 Å². The van der Waals surface area contributed by atoms with Crippen molar-refractivity contribution in [2.75, 3.05) is 20.2 Å². The first-order chi connectivity index (χ1) is 13.0. The Kier molecular flexibility index (Phi) is 6.46. The van der Waals surface area contributed by atoms with Crippen LogP contribution in [0, 0.1) is 5.82 Å². The van der Waals surface area contributed by atoms with Crippen LogP contribution in [-0.2, 0) is 23.1 Å². The summed E-state index contributed by atoms with van der Waals surface area (Å²) >= 11 is 0. The molecule has 5 nitrogen and oxygen atoms in total. The minimum absolute atomic E-state index is 0.114. The average molecular weight is 392 g/mol. The summed E-state index contributed by atoms with van der Waals surface area (Å²) in [5.74, 6) is -0.512. The predicted molar refractivity (Wildman–Crippen MR) is 103 cm³/mol. The van der Waals surface area contributed by atoms with Crippen molar-refractivity contribution in [1.29, 1.82) is 0 Å². The van der Waals surface area contributed by atoms with Gasteiger partial charge in [-0.1, -0.05) is 30.7 Å². The number of benzene rings is 2. The highest BCUT2D eigenvalue weighted by Gasteiger charge is 2.20. The zero-order valence-electron chi connectivity index (χ0n) is 15.4. The van der Waals surface area contributed by atoms with E-state index in [-0.39, 0.29) is 17.2 Å². The monoisotopic (exact) mass is 392 g/mol. The molecule has 0 spiro atoms. The van der Waals surface area contributed by atoms with Crippen molar-refractivity contribution in [2.45, 2.75) is 37.2 Å². The Morgan fingerprint density at radius 2 is 1.81 bits per heavy atom. The number of hydrogen-bond acceptors (Lipinski definition) is 4. The van der Waals surface area contributed by atoms with Gasteiger partial charge < -0.3 is 4.74 Å². The van der Waals surface area contributed by atoms with Gasteiger partial charge in [-0.2, -0.15) is 0 Å². The Hall–Kier alpha value is -1.96. The quantitative estimate of drug-likeness (QED) is 0.786. The zero-order chi connectivity index (χ0) is 19.3. The van der Waals surface area contributed by atoms with E-state index in [2.05, 4.69) is 15.7 Å². The lowest BCUT2D eigenvalue weighted by Crippen LogP contribution is -2.29. The molecule has 0 unspecified atom stereocenters. The lowest BCUT2D eigenvalue weighted by molar-refractivity contribution is 0.221. The second kappa shape index (κ2) is 8.82. The number of rotatable bonds is 7. The number of piperidine rings is 1. The van der Waals surface area contributed by atoms with E-state index in [0.717, 1.165) is 36.8 Å². The molecule has 1 saturated heterocycles. The van der Waals surface area contributed by atoms with Crippen LogP contribution in [0.2, 0.25) is 0 Å². The highest BCUT2D eigenvalue weighted by atomic mass is 32.2. The van der Waals surface area contributed by atoms with Crippen LogP contribution in [0.25, 0.3) is 0 Å². The molecule has 0 saturated carbocycles. The molecule has 2 aromatic carbocycles. The van der Waals surface area contributed by atoms with Gasteiger partial charge in [0.25, 0.3) is 0 Å². The number of methoxy groups -OCH3 is 1. The Morgan fingerprint density at radius 1 is 1.07 bits per heavy atom. The fourth-order valence-corrected chi connectivity index (χ4v) is 4.53. The second-order valence-corrected chi connectivity index (χ2v) is 8.51. The molecule has 0 aliphatic carbocycles. The molecule has 1 N–H and O–H groups in total. The van der Waals surface area contributed by atoms with E-state index in [1.165, 1.54) is 38.5 Å². The molecule has 7 heteroatoms. The molecule has 2 aromatic rings. The summed E-state index contributed by atoms with van der Waals surface area (Å²) in [6.45, 7) is 3.22. The number of hydrogen-bond donors (Lipinski definition) is 1. The summed E-state index contributed by atoms with van der Waals surface area (Å²) in [4.78, 5) is 2.22. The normalized spacial score (nSPS) is 15.6. The number of nitrogens with zero attached hydrogens (tertiary/aromatic N) is 1. The van der Waals surface area contributed by atoms with Gasteiger partial charge in [-0.15, -0.1) is 0 Å². The maximum Gasteiger partial charge on any atom is 0.244 e. The SMILES string of the molecule is COc1ccc(F)cc1S(=O)(=O)NCc1cccc(CN2CCCCC2)c1. The van der Waals surface area contributed by atoms with Crippen molar-refractivity contribution in [1.82, 2.24) is 9.62 Å². The first-order valence-electron chi connectivity index (χ1n) is 9.11. The summed E-state index contributed by atoms with van der Waals surface area (Å²) in [7, 11) is -2.53. The van der Waals surface area contributed by atoms with Gasteiger partial charge in [-0.05, 0) is 55.3 Å². The molecule has 0 atom stereocenters. The molecule has 0 bridgehead atoms. The van der Waals surface area contributed by atoms with Crippen LogP contribution in [0.4, 0.5) is 4.39 Å². The van der Waals surface area contributed by atoms with Crippen LogP contribution in [0.15, 0.2) is 47.4 Å². The van der Waals surface area contributed by atoms with Crippen LogP contribution >= 0.6 is 0 Å². The molecule has 0 amide bonds.